The molecule has 2 aromatic rings. The van der Waals surface area contributed by atoms with Gasteiger partial charge in [0, 0.05) is 19.4 Å². The Morgan fingerprint density at radius 2 is 2.17 bits per heavy atom. The van der Waals surface area contributed by atoms with Crippen LogP contribution in [0.4, 0.5) is 0 Å². The summed E-state index contributed by atoms with van der Waals surface area (Å²) in [5, 5.41) is 4.10. The molecule has 0 aliphatic rings. The van der Waals surface area contributed by atoms with Crippen molar-refractivity contribution >= 4 is 5.97 Å². The molecule has 18 heavy (non-hydrogen) atoms. The number of carbonyl (C=O) groups is 1. The van der Waals surface area contributed by atoms with Crippen LogP contribution in [0.1, 0.15) is 17.3 Å². The molecule has 0 unspecified atom stereocenters. The maximum Gasteiger partial charge on any atom is 0.344 e. The number of hydrogen-bond acceptors (Lipinski definition) is 3. The van der Waals surface area contributed by atoms with Crippen molar-refractivity contribution < 1.29 is 9.53 Å². The average molecular weight is 245 g/mol. The fraction of sp³-hybridized carbons (Fsp3) is 0.231. The summed E-state index contributed by atoms with van der Waals surface area (Å²) in [4.78, 5) is 12.0. The lowest BCUT2D eigenvalue weighted by Gasteiger charge is -2.10. The molecular weight excluding hydrogens is 230 g/mol. The van der Waals surface area contributed by atoms with Crippen LogP contribution < -0.4 is 0 Å². The van der Waals surface area contributed by atoms with E-state index in [4.69, 9.17) is 4.74 Å². The number of hydrogen-bond donors (Lipinski definition) is 0. The quantitative estimate of drug-likeness (QED) is 0.611. The van der Waals surface area contributed by atoms with E-state index in [2.05, 4.69) is 11.7 Å². The highest BCUT2D eigenvalue weighted by Gasteiger charge is 2.19. The van der Waals surface area contributed by atoms with Crippen LogP contribution in [-0.4, -0.2) is 26.4 Å². The first-order valence-electron chi connectivity index (χ1n) is 5.62. The summed E-state index contributed by atoms with van der Waals surface area (Å²) in [6.07, 6.45) is 6.46. The summed E-state index contributed by atoms with van der Waals surface area (Å²) in [7, 11) is 1.78. The van der Waals surface area contributed by atoms with Crippen LogP contribution in [0, 0.1) is 0 Å². The van der Waals surface area contributed by atoms with Crippen LogP contribution >= 0.6 is 0 Å². The Kier molecular flexibility index (Phi) is 3.32. The fourth-order valence-corrected chi connectivity index (χ4v) is 1.64. The molecule has 2 heterocycles. The first-order chi connectivity index (χ1) is 8.63. The van der Waals surface area contributed by atoms with Crippen molar-refractivity contribution in [3.05, 3.63) is 48.9 Å². The Morgan fingerprint density at radius 3 is 2.78 bits per heavy atom. The van der Waals surface area contributed by atoms with Gasteiger partial charge in [-0.25, -0.2) is 4.79 Å². The summed E-state index contributed by atoms with van der Waals surface area (Å²) in [5.41, 5.74) is 0.433. The zero-order valence-corrected chi connectivity index (χ0v) is 10.4. The van der Waals surface area contributed by atoms with Gasteiger partial charge in [-0.1, -0.05) is 12.7 Å². The average Bonchev–Trinajstić information content (AvgIpc) is 2.97. The number of ether oxygens (including phenoxy) is 1. The lowest BCUT2D eigenvalue weighted by Crippen LogP contribution is -2.14. The van der Waals surface area contributed by atoms with Gasteiger partial charge in [0.15, 0.2) is 0 Å². The Labute approximate surface area is 105 Å². The van der Waals surface area contributed by atoms with Gasteiger partial charge in [-0.05, 0) is 19.1 Å². The highest BCUT2D eigenvalue weighted by molar-refractivity contribution is 5.92. The molecule has 0 amide bonds. The normalized spacial score (nSPS) is 12.1. The van der Waals surface area contributed by atoms with Crippen LogP contribution in [0.15, 0.2) is 43.4 Å². The molecule has 0 spiro atoms. The van der Waals surface area contributed by atoms with Gasteiger partial charge in [0.05, 0.1) is 6.20 Å². The minimum atomic E-state index is -0.404. The summed E-state index contributed by atoms with van der Waals surface area (Å²) in [5.74, 6) is 0.278. The van der Waals surface area contributed by atoms with Crippen molar-refractivity contribution in [3.63, 3.8) is 0 Å². The molecule has 0 aliphatic heterocycles. The van der Waals surface area contributed by atoms with E-state index >= 15 is 0 Å². The SMILES string of the molecule is C=C[C@H](C)OC(=O)c1cnn(C)c1-n1cccc1. The second-order valence-corrected chi connectivity index (χ2v) is 3.94. The Hall–Kier alpha value is -2.30. The van der Waals surface area contributed by atoms with Gasteiger partial charge >= 0.3 is 5.97 Å². The van der Waals surface area contributed by atoms with E-state index in [0.29, 0.717) is 11.4 Å². The molecule has 0 aromatic carbocycles. The van der Waals surface area contributed by atoms with Gasteiger partial charge in [0.2, 0.25) is 0 Å². The second kappa shape index (κ2) is 4.91. The topological polar surface area (TPSA) is 49.0 Å². The van der Waals surface area contributed by atoms with Crippen LogP contribution in [0.2, 0.25) is 0 Å². The minimum absolute atomic E-state index is 0.324. The van der Waals surface area contributed by atoms with E-state index in [1.165, 1.54) is 6.20 Å². The molecular formula is C13H15N3O2. The summed E-state index contributed by atoms with van der Waals surface area (Å²) >= 11 is 0. The smallest absolute Gasteiger partial charge is 0.344 e. The van der Waals surface area contributed by atoms with E-state index < -0.39 is 5.97 Å². The van der Waals surface area contributed by atoms with Crippen molar-refractivity contribution in [2.75, 3.05) is 0 Å². The predicted octanol–water partition coefficient (Wildman–Crippen LogP) is 1.94. The van der Waals surface area contributed by atoms with E-state index in [1.54, 1.807) is 24.7 Å². The maximum absolute atomic E-state index is 12.0. The van der Waals surface area contributed by atoms with Crippen LogP contribution in [0.3, 0.4) is 0 Å². The van der Waals surface area contributed by atoms with Gasteiger partial charge in [0.1, 0.15) is 17.5 Å². The summed E-state index contributed by atoms with van der Waals surface area (Å²) in [6, 6.07) is 3.77. The lowest BCUT2D eigenvalue weighted by molar-refractivity contribution is 0.0425. The maximum atomic E-state index is 12.0. The third-order valence-corrected chi connectivity index (χ3v) is 2.60. The molecule has 2 rings (SSSR count). The number of rotatable bonds is 4. The van der Waals surface area contributed by atoms with Gasteiger partial charge in [0.25, 0.3) is 0 Å². The number of aromatic nitrogens is 3. The van der Waals surface area contributed by atoms with Gasteiger partial charge in [-0.15, -0.1) is 0 Å². The fourth-order valence-electron chi connectivity index (χ4n) is 1.64. The number of esters is 1. The first kappa shape index (κ1) is 12.2. The van der Waals surface area contributed by atoms with Gasteiger partial charge < -0.3 is 9.30 Å². The predicted molar refractivity (Wildman–Crippen MR) is 67.6 cm³/mol. The highest BCUT2D eigenvalue weighted by Crippen LogP contribution is 2.15. The zero-order valence-electron chi connectivity index (χ0n) is 10.4. The summed E-state index contributed by atoms with van der Waals surface area (Å²) in [6.45, 7) is 5.34. The standard InChI is InChI=1S/C13H15N3O2/c1-4-10(2)18-13(17)11-9-14-15(3)12(11)16-7-5-6-8-16/h4-10H,1H2,2-3H3/t10-/m0/s1. The monoisotopic (exact) mass is 245 g/mol. The van der Waals surface area contributed by atoms with E-state index in [1.807, 2.05) is 29.1 Å². The molecule has 0 radical (unpaired) electrons. The van der Waals surface area contributed by atoms with Gasteiger partial charge in [-0.2, -0.15) is 5.10 Å². The number of aryl methyl sites for hydroxylation is 1. The number of carbonyl (C=O) groups excluding carboxylic acids is 1. The number of nitrogens with zero attached hydrogens (tertiary/aromatic N) is 3. The molecule has 0 saturated carbocycles. The van der Waals surface area contributed by atoms with Crippen molar-refractivity contribution in [3.8, 4) is 5.82 Å². The highest BCUT2D eigenvalue weighted by atomic mass is 16.5. The molecule has 0 bridgehead atoms. The van der Waals surface area contributed by atoms with Gasteiger partial charge in [-0.3, -0.25) is 4.68 Å². The van der Waals surface area contributed by atoms with Crippen molar-refractivity contribution in [2.24, 2.45) is 7.05 Å². The van der Waals surface area contributed by atoms with E-state index in [0.717, 1.165) is 0 Å². The Balaban J connectivity index is 2.35. The molecule has 94 valence electrons. The van der Waals surface area contributed by atoms with Crippen molar-refractivity contribution in [1.29, 1.82) is 0 Å². The molecule has 1 atom stereocenters. The molecule has 5 heteroatoms. The lowest BCUT2D eigenvalue weighted by atomic mass is 10.3. The summed E-state index contributed by atoms with van der Waals surface area (Å²) < 4.78 is 8.67. The van der Waals surface area contributed by atoms with E-state index in [9.17, 15) is 4.79 Å². The van der Waals surface area contributed by atoms with Crippen LogP contribution in [-0.2, 0) is 11.8 Å². The minimum Gasteiger partial charge on any atom is -0.455 e. The molecule has 0 fully saturated rings. The molecule has 0 saturated heterocycles. The molecule has 5 nitrogen and oxygen atoms in total. The first-order valence-corrected chi connectivity index (χ1v) is 5.62. The van der Waals surface area contributed by atoms with E-state index in [-0.39, 0.29) is 6.10 Å². The van der Waals surface area contributed by atoms with Crippen LogP contribution in [0.25, 0.3) is 5.82 Å². The largest absolute Gasteiger partial charge is 0.455 e. The van der Waals surface area contributed by atoms with Crippen molar-refractivity contribution in [2.45, 2.75) is 13.0 Å². The van der Waals surface area contributed by atoms with Crippen LogP contribution in [0.5, 0.6) is 0 Å². The molecule has 0 N–H and O–H groups in total. The van der Waals surface area contributed by atoms with Crippen molar-refractivity contribution in [1.82, 2.24) is 14.3 Å². The molecule has 2 aromatic heterocycles. The second-order valence-electron chi connectivity index (χ2n) is 3.94. The Morgan fingerprint density at radius 1 is 1.50 bits per heavy atom. The molecule has 0 aliphatic carbocycles. The third-order valence-electron chi connectivity index (χ3n) is 2.60. The Bertz CT molecular complexity index is 555. The third kappa shape index (κ3) is 2.20. The zero-order chi connectivity index (χ0) is 13.1.